The molecular weight excluding hydrogens is 245 g/mol. The van der Waals surface area contributed by atoms with Crippen LogP contribution in [0.3, 0.4) is 0 Å². The Labute approximate surface area is 114 Å². The van der Waals surface area contributed by atoms with Gasteiger partial charge < -0.3 is 14.8 Å². The number of piperidine rings is 1. The largest absolute Gasteiger partial charge is 0.494 e. The highest BCUT2D eigenvalue weighted by molar-refractivity contribution is 5.37. The molecule has 19 heavy (non-hydrogen) atoms. The van der Waals surface area contributed by atoms with Gasteiger partial charge in [-0.2, -0.15) is 0 Å². The molecule has 1 aromatic carbocycles. The molecule has 0 amide bonds. The first-order valence-corrected chi connectivity index (χ1v) is 6.79. The van der Waals surface area contributed by atoms with Gasteiger partial charge in [0, 0.05) is 7.11 Å². The molecule has 1 aromatic rings. The van der Waals surface area contributed by atoms with Crippen molar-refractivity contribution in [1.82, 2.24) is 5.32 Å². The number of hydrogen-bond acceptors (Lipinski definition) is 3. The maximum atomic E-state index is 13.8. The maximum Gasteiger partial charge on any atom is 0.165 e. The van der Waals surface area contributed by atoms with Crippen LogP contribution in [0.2, 0.25) is 0 Å². The molecule has 1 heterocycles. The predicted octanol–water partition coefficient (Wildman–Crippen LogP) is 2.52. The fourth-order valence-electron chi connectivity index (χ4n) is 2.67. The Bertz CT molecular complexity index is 417. The molecule has 106 valence electrons. The first kappa shape index (κ1) is 14.3. The molecule has 0 bridgehead atoms. The lowest BCUT2D eigenvalue weighted by Crippen LogP contribution is -2.28. The second-order valence-electron chi connectivity index (χ2n) is 5.09. The van der Waals surface area contributed by atoms with Crippen LogP contribution < -0.4 is 10.1 Å². The summed E-state index contributed by atoms with van der Waals surface area (Å²) in [6, 6.07) is 3.37. The first-order valence-electron chi connectivity index (χ1n) is 6.79. The van der Waals surface area contributed by atoms with Gasteiger partial charge in [0.2, 0.25) is 0 Å². The minimum absolute atomic E-state index is 0.286. The molecule has 0 atom stereocenters. The molecule has 1 fully saturated rings. The van der Waals surface area contributed by atoms with Gasteiger partial charge in [-0.3, -0.25) is 0 Å². The summed E-state index contributed by atoms with van der Waals surface area (Å²) < 4.78 is 24.1. The highest BCUT2D eigenvalue weighted by atomic mass is 19.1. The first-order chi connectivity index (χ1) is 9.24. The van der Waals surface area contributed by atoms with Crippen LogP contribution in [0.25, 0.3) is 0 Å². The zero-order valence-corrected chi connectivity index (χ0v) is 11.7. The van der Waals surface area contributed by atoms with Crippen LogP contribution in [0.5, 0.6) is 5.75 Å². The summed E-state index contributed by atoms with van der Waals surface area (Å²) in [5, 5.41) is 3.35. The van der Waals surface area contributed by atoms with E-state index in [-0.39, 0.29) is 5.82 Å². The second kappa shape index (κ2) is 6.87. The highest BCUT2D eigenvalue weighted by Crippen LogP contribution is 2.27. The van der Waals surface area contributed by atoms with Crippen LogP contribution >= 0.6 is 0 Å². The van der Waals surface area contributed by atoms with Gasteiger partial charge in [0.1, 0.15) is 0 Å². The van der Waals surface area contributed by atoms with Gasteiger partial charge in [-0.05, 0) is 61.5 Å². The predicted molar refractivity (Wildman–Crippen MR) is 73.0 cm³/mol. The SMILES string of the molecule is COCc1cc(OC)c(F)cc1CC1CCNCC1. The Hall–Kier alpha value is -1.13. The standard InChI is InChI=1S/C15H22FNO2/c1-18-10-13-9-15(19-2)14(16)8-12(13)7-11-3-5-17-6-4-11/h8-9,11,17H,3-7,10H2,1-2H3. The highest BCUT2D eigenvalue weighted by Gasteiger charge is 2.17. The van der Waals surface area contributed by atoms with Gasteiger partial charge in [0.15, 0.2) is 11.6 Å². The fraction of sp³-hybridized carbons (Fsp3) is 0.600. The molecule has 0 radical (unpaired) electrons. The minimum Gasteiger partial charge on any atom is -0.494 e. The van der Waals surface area contributed by atoms with Crippen LogP contribution in [-0.2, 0) is 17.8 Å². The Morgan fingerprint density at radius 1 is 1.21 bits per heavy atom. The van der Waals surface area contributed by atoms with E-state index >= 15 is 0 Å². The number of benzene rings is 1. The Morgan fingerprint density at radius 3 is 2.58 bits per heavy atom. The Morgan fingerprint density at radius 2 is 1.95 bits per heavy atom. The topological polar surface area (TPSA) is 30.5 Å². The third kappa shape index (κ3) is 3.67. The molecule has 3 nitrogen and oxygen atoms in total. The van der Waals surface area contributed by atoms with Gasteiger partial charge >= 0.3 is 0 Å². The normalized spacial score (nSPS) is 16.6. The summed E-state index contributed by atoms with van der Waals surface area (Å²) in [6.45, 7) is 2.61. The van der Waals surface area contributed by atoms with Crippen molar-refractivity contribution < 1.29 is 13.9 Å². The summed E-state index contributed by atoms with van der Waals surface area (Å²) in [5.41, 5.74) is 2.08. The van der Waals surface area contributed by atoms with Gasteiger partial charge in [-0.25, -0.2) is 4.39 Å². The van der Waals surface area contributed by atoms with Crippen LogP contribution in [0.1, 0.15) is 24.0 Å². The van der Waals surface area contributed by atoms with Crippen molar-refractivity contribution in [1.29, 1.82) is 0 Å². The van der Waals surface area contributed by atoms with Gasteiger partial charge in [0.25, 0.3) is 0 Å². The molecule has 0 aliphatic carbocycles. The van der Waals surface area contributed by atoms with E-state index in [4.69, 9.17) is 9.47 Å². The van der Waals surface area contributed by atoms with Crippen LogP contribution in [0.15, 0.2) is 12.1 Å². The second-order valence-corrected chi connectivity index (χ2v) is 5.09. The maximum absolute atomic E-state index is 13.8. The number of ether oxygens (including phenoxy) is 2. The Kier molecular flexibility index (Phi) is 5.16. The van der Waals surface area contributed by atoms with Gasteiger partial charge in [0.05, 0.1) is 13.7 Å². The van der Waals surface area contributed by atoms with Crippen LogP contribution in [0.4, 0.5) is 4.39 Å². The lowest BCUT2D eigenvalue weighted by atomic mass is 9.89. The monoisotopic (exact) mass is 267 g/mol. The third-order valence-corrected chi connectivity index (χ3v) is 3.74. The van der Waals surface area contributed by atoms with Gasteiger partial charge in [-0.15, -0.1) is 0 Å². The summed E-state index contributed by atoms with van der Waals surface area (Å²) in [6.07, 6.45) is 3.22. The third-order valence-electron chi connectivity index (χ3n) is 3.74. The number of hydrogen-bond donors (Lipinski definition) is 1. The summed E-state index contributed by atoms with van der Waals surface area (Å²) in [7, 11) is 3.14. The molecule has 0 unspecified atom stereocenters. The molecule has 4 heteroatoms. The fourth-order valence-corrected chi connectivity index (χ4v) is 2.67. The van der Waals surface area contributed by atoms with Gasteiger partial charge in [-0.1, -0.05) is 0 Å². The lowest BCUT2D eigenvalue weighted by molar-refractivity contribution is 0.183. The zero-order chi connectivity index (χ0) is 13.7. The van der Waals surface area contributed by atoms with E-state index in [1.165, 1.54) is 7.11 Å². The number of rotatable bonds is 5. The molecule has 1 saturated heterocycles. The van der Waals surface area contributed by atoms with Crippen molar-refractivity contribution in [3.8, 4) is 5.75 Å². The smallest absolute Gasteiger partial charge is 0.165 e. The van der Waals surface area contributed by atoms with E-state index in [2.05, 4.69) is 5.32 Å². The molecule has 2 rings (SSSR count). The minimum atomic E-state index is -0.286. The summed E-state index contributed by atoms with van der Waals surface area (Å²) in [4.78, 5) is 0. The van der Waals surface area contributed by atoms with E-state index in [1.54, 1.807) is 19.2 Å². The van der Waals surface area contributed by atoms with E-state index in [9.17, 15) is 4.39 Å². The molecule has 0 aromatic heterocycles. The molecule has 0 spiro atoms. The molecule has 1 aliphatic rings. The molecule has 1 N–H and O–H groups in total. The van der Waals surface area contributed by atoms with Crippen molar-refractivity contribution in [3.63, 3.8) is 0 Å². The Balaban J connectivity index is 2.18. The van der Waals surface area contributed by atoms with Crippen molar-refractivity contribution in [2.75, 3.05) is 27.3 Å². The average molecular weight is 267 g/mol. The van der Waals surface area contributed by atoms with E-state index in [0.717, 1.165) is 43.5 Å². The number of methoxy groups -OCH3 is 2. The quantitative estimate of drug-likeness (QED) is 0.889. The zero-order valence-electron chi connectivity index (χ0n) is 11.7. The van der Waals surface area contributed by atoms with Crippen molar-refractivity contribution in [3.05, 3.63) is 29.1 Å². The van der Waals surface area contributed by atoms with Crippen LogP contribution in [0, 0.1) is 11.7 Å². The number of nitrogens with one attached hydrogen (secondary N) is 1. The molecule has 1 aliphatic heterocycles. The molecule has 0 saturated carbocycles. The average Bonchev–Trinajstić information content (AvgIpc) is 2.43. The van der Waals surface area contributed by atoms with E-state index in [1.807, 2.05) is 0 Å². The van der Waals surface area contributed by atoms with Crippen molar-refractivity contribution in [2.45, 2.75) is 25.9 Å². The summed E-state index contributed by atoms with van der Waals surface area (Å²) in [5.74, 6) is 0.636. The van der Waals surface area contributed by atoms with E-state index < -0.39 is 0 Å². The molecular formula is C15H22FNO2. The summed E-state index contributed by atoms with van der Waals surface area (Å²) >= 11 is 0. The van der Waals surface area contributed by atoms with Crippen LogP contribution in [-0.4, -0.2) is 27.3 Å². The number of halogens is 1. The van der Waals surface area contributed by atoms with E-state index in [0.29, 0.717) is 18.3 Å². The van der Waals surface area contributed by atoms with Crippen molar-refractivity contribution >= 4 is 0 Å². The van der Waals surface area contributed by atoms with Crippen molar-refractivity contribution in [2.24, 2.45) is 5.92 Å². The lowest BCUT2D eigenvalue weighted by Gasteiger charge is -2.24.